The average molecular weight is 371 g/mol. The molecule has 1 aromatic rings. The average Bonchev–Trinajstić information content (AvgIpc) is 3.19. The first-order valence-corrected chi connectivity index (χ1v) is 10.8. The van der Waals surface area contributed by atoms with Crippen molar-refractivity contribution in [1.29, 1.82) is 0 Å². The van der Waals surface area contributed by atoms with Crippen LogP contribution in [0.3, 0.4) is 0 Å². The number of fused-ring (bicyclic) bond motifs is 1. The summed E-state index contributed by atoms with van der Waals surface area (Å²) in [6, 6.07) is 1.55. The maximum absolute atomic E-state index is 12.3. The highest BCUT2D eigenvalue weighted by Crippen LogP contribution is 2.31. The van der Waals surface area contributed by atoms with Gasteiger partial charge in [-0.1, -0.05) is 0 Å². The number of likely N-dealkylation sites (N-methyl/N-ethyl adjacent to an activating group) is 1. The lowest BCUT2D eigenvalue weighted by atomic mass is 10.2. The van der Waals surface area contributed by atoms with Gasteiger partial charge in [0.05, 0.1) is 11.5 Å². The molecule has 0 saturated carbocycles. The van der Waals surface area contributed by atoms with Gasteiger partial charge in [0.15, 0.2) is 16.4 Å². The van der Waals surface area contributed by atoms with Crippen molar-refractivity contribution in [3.05, 3.63) is 21.4 Å². The smallest absolute Gasteiger partial charge is 0.348 e. The van der Waals surface area contributed by atoms with Crippen molar-refractivity contribution in [2.45, 2.75) is 38.6 Å². The molecule has 0 N–H and O–H groups in total. The van der Waals surface area contributed by atoms with Crippen LogP contribution in [0.1, 0.15) is 39.9 Å². The predicted octanol–water partition coefficient (Wildman–Crippen LogP) is 1.43. The van der Waals surface area contributed by atoms with Gasteiger partial charge in [-0.05, 0) is 44.2 Å². The normalized spacial score (nSPS) is 21.5. The summed E-state index contributed by atoms with van der Waals surface area (Å²) in [6.45, 7) is 1.87. The highest BCUT2D eigenvalue weighted by molar-refractivity contribution is 7.91. The van der Waals surface area contributed by atoms with Crippen LogP contribution in [0.15, 0.2) is 6.07 Å². The first-order valence-electron chi connectivity index (χ1n) is 8.18. The number of thiophene rings is 1. The molecule has 0 radical (unpaired) electrons. The van der Waals surface area contributed by atoms with Crippen LogP contribution in [0.25, 0.3) is 0 Å². The fourth-order valence-electron chi connectivity index (χ4n) is 3.37. The highest BCUT2D eigenvalue weighted by Gasteiger charge is 2.34. The molecule has 24 heavy (non-hydrogen) atoms. The van der Waals surface area contributed by atoms with E-state index in [2.05, 4.69) is 0 Å². The van der Waals surface area contributed by atoms with Crippen LogP contribution in [0.5, 0.6) is 0 Å². The van der Waals surface area contributed by atoms with Crippen molar-refractivity contribution in [3.8, 4) is 0 Å². The molecule has 1 aliphatic heterocycles. The van der Waals surface area contributed by atoms with E-state index in [1.165, 1.54) is 26.7 Å². The molecule has 2 aliphatic rings. The van der Waals surface area contributed by atoms with Crippen LogP contribution < -0.4 is 0 Å². The third kappa shape index (κ3) is 3.64. The van der Waals surface area contributed by atoms with Crippen molar-refractivity contribution in [2.75, 3.05) is 24.7 Å². The number of sulfone groups is 1. The monoisotopic (exact) mass is 371 g/mol. The van der Waals surface area contributed by atoms with Crippen molar-refractivity contribution < 1.29 is 22.7 Å². The number of rotatable bonds is 5. The molecule has 0 bridgehead atoms. The molecule has 132 valence electrons. The number of aryl methyl sites for hydroxylation is 2. The SMILES string of the molecule is CCN(C(=O)COC(=O)c1cc2c(s1)CCC2)[C@H]1CCS(=O)(=O)C1. The molecule has 0 unspecified atom stereocenters. The minimum absolute atomic E-state index is 0.00181. The maximum atomic E-state index is 12.3. The lowest BCUT2D eigenvalue weighted by molar-refractivity contribution is -0.136. The number of carbonyl (C=O) groups excluding carboxylic acids is 2. The van der Waals surface area contributed by atoms with Gasteiger partial charge in [0, 0.05) is 17.5 Å². The fourth-order valence-corrected chi connectivity index (χ4v) is 6.25. The van der Waals surface area contributed by atoms with Gasteiger partial charge >= 0.3 is 5.97 Å². The van der Waals surface area contributed by atoms with Gasteiger partial charge in [0.25, 0.3) is 5.91 Å². The molecule has 6 nitrogen and oxygen atoms in total. The second-order valence-electron chi connectivity index (χ2n) is 6.23. The Hall–Kier alpha value is -1.41. The van der Waals surface area contributed by atoms with Crippen LogP contribution in [0.2, 0.25) is 0 Å². The predicted molar refractivity (Wildman–Crippen MR) is 91.1 cm³/mol. The molecule has 8 heteroatoms. The maximum Gasteiger partial charge on any atom is 0.348 e. The molecule has 0 aromatic carbocycles. The van der Waals surface area contributed by atoms with Crippen LogP contribution >= 0.6 is 11.3 Å². The Bertz CT molecular complexity index is 731. The van der Waals surface area contributed by atoms with E-state index >= 15 is 0 Å². The van der Waals surface area contributed by atoms with Crippen molar-refractivity contribution >= 4 is 33.1 Å². The minimum Gasteiger partial charge on any atom is -0.451 e. The molecule has 1 fully saturated rings. The topological polar surface area (TPSA) is 80.8 Å². The van der Waals surface area contributed by atoms with E-state index in [9.17, 15) is 18.0 Å². The molecular weight excluding hydrogens is 350 g/mol. The summed E-state index contributed by atoms with van der Waals surface area (Å²) in [5.74, 6) is -0.699. The molecular formula is C16H21NO5S2. The van der Waals surface area contributed by atoms with Crippen molar-refractivity contribution in [1.82, 2.24) is 4.90 Å². The zero-order valence-electron chi connectivity index (χ0n) is 13.6. The van der Waals surface area contributed by atoms with Crippen molar-refractivity contribution in [3.63, 3.8) is 0 Å². The number of ether oxygens (including phenoxy) is 1. The number of hydrogen-bond acceptors (Lipinski definition) is 6. The van der Waals surface area contributed by atoms with E-state index in [1.54, 1.807) is 6.92 Å². The summed E-state index contributed by atoms with van der Waals surface area (Å²) in [7, 11) is -3.06. The summed E-state index contributed by atoms with van der Waals surface area (Å²) < 4.78 is 28.3. The molecule has 1 amide bonds. The van der Waals surface area contributed by atoms with Gasteiger partial charge in [-0.2, -0.15) is 0 Å². The number of esters is 1. The molecule has 2 heterocycles. The van der Waals surface area contributed by atoms with Gasteiger partial charge in [0.1, 0.15) is 4.88 Å². The Kier molecular flexibility index (Phi) is 4.96. The summed E-state index contributed by atoms with van der Waals surface area (Å²) >= 11 is 1.44. The van der Waals surface area contributed by atoms with Gasteiger partial charge in [-0.25, -0.2) is 13.2 Å². The third-order valence-corrected chi connectivity index (χ3v) is 7.55. The fraction of sp³-hybridized carbons (Fsp3) is 0.625. The van der Waals surface area contributed by atoms with E-state index in [4.69, 9.17) is 4.74 Å². The van der Waals surface area contributed by atoms with E-state index in [-0.39, 0.29) is 30.1 Å². The van der Waals surface area contributed by atoms with Crippen molar-refractivity contribution in [2.24, 2.45) is 0 Å². The standard InChI is InChI=1S/C16H21NO5S2/c1-2-17(12-6-7-24(20,21)10-12)15(18)9-22-16(19)14-8-11-4-3-5-13(11)23-14/h8,12H,2-7,9-10H2,1H3/t12-/m0/s1. The summed E-state index contributed by atoms with van der Waals surface area (Å²) in [5, 5.41) is 0. The first-order chi connectivity index (χ1) is 11.4. The second kappa shape index (κ2) is 6.84. The summed E-state index contributed by atoms with van der Waals surface area (Å²) in [5.41, 5.74) is 1.21. The van der Waals surface area contributed by atoms with Crippen LogP contribution in [0, 0.1) is 0 Å². The Morgan fingerprint density at radius 2 is 2.17 bits per heavy atom. The molecule has 1 aromatic heterocycles. The zero-order chi connectivity index (χ0) is 17.3. The summed E-state index contributed by atoms with van der Waals surface area (Å²) in [6.07, 6.45) is 3.59. The lowest BCUT2D eigenvalue weighted by Crippen LogP contribution is -2.43. The summed E-state index contributed by atoms with van der Waals surface area (Å²) in [4.78, 5) is 27.7. The van der Waals surface area contributed by atoms with E-state index in [1.807, 2.05) is 6.07 Å². The number of carbonyl (C=O) groups is 2. The van der Waals surface area contributed by atoms with Crippen LogP contribution in [-0.4, -0.2) is 55.9 Å². The second-order valence-corrected chi connectivity index (χ2v) is 9.59. The third-order valence-electron chi connectivity index (χ3n) is 4.58. The first kappa shape index (κ1) is 17.4. The van der Waals surface area contributed by atoms with Gasteiger partial charge < -0.3 is 9.64 Å². The number of amides is 1. The Morgan fingerprint density at radius 1 is 1.38 bits per heavy atom. The molecule has 0 spiro atoms. The van der Waals surface area contributed by atoms with E-state index in [0.29, 0.717) is 17.8 Å². The zero-order valence-corrected chi connectivity index (χ0v) is 15.2. The quantitative estimate of drug-likeness (QED) is 0.732. The van der Waals surface area contributed by atoms with Gasteiger partial charge in [-0.15, -0.1) is 11.3 Å². The number of nitrogens with zero attached hydrogens (tertiary/aromatic N) is 1. The van der Waals surface area contributed by atoms with Gasteiger partial charge in [0.2, 0.25) is 0 Å². The number of hydrogen-bond donors (Lipinski definition) is 0. The van der Waals surface area contributed by atoms with Gasteiger partial charge in [-0.3, -0.25) is 4.79 Å². The largest absolute Gasteiger partial charge is 0.451 e. The van der Waals surface area contributed by atoms with Crippen LogP contribution in [-0.2, 0) is 32.2 Å². The van der Waals surface area contributed by atoms with Crippen LogP contribution in [0.4, 0.5) is 0 Å². The molecule has 1 saturated heterocycles. The van der Waals surface area contributed by atoms with E-state index in [0.717, 1.165) is 19.3 Å². The molecule has 1 atom stereocenters. The minimum atomic E-state index is -3.06. The Labute approximate surface area is 145 Å². The van der Waals surface area contributed by atoms with E-state index < -0.39 is 15.8 Å². The Balaban J connectivity index is 1.56. The molecule has 1 aliphatic carbocycles. The Morgan fingerprint density at radius 3 is 2.79 bits per heavy atom. The lowest BCUT2D eigenvalue weighted by Gasteiger charge is -2.26. The highest BCUT2D eigenvalue weighted by atomic mass is 32.2. The molecule has 3 rings (SSSR count).